The summed E-state index contributed by atoms with van der Waals surface area (Å²) in [5, 5.41) is 7.16. The molecule has 0 aliphatic rings. The van der Waals surface area contributed by atoms with E-state index in [2.05, 4.69) is 27.4 Å². The van der Waals surface area contributed by atoms with Gasteiger partial charge in [0.05, 0.1) is 6.54 Å². The smallest absolute Gasteiger partial charge is 0.240 e. The van der Waals surface area contributed by atoms with Gasteiger partial charge in [-0.1, -0.05) is 18.1 Å². The summed E-state index contributed by atoms with van der Waals surface area (Å²) < 4.78 is 5.14. The summed E-state index contributed by atoms with van der Waals surface area (Å²) in [6.45, 7) is 3.71. The second kappa shape index (κ2) is 6.10. The molecule has 0 amide bonds. The highest BCUT2D eigenvalue weighted by atomic mass is 16.5. The Hall–Kier alpha value is -1.75. The van der Waals surface area contributed by atoms with Crippen LogP contribution in [0.1, 0.15) is 30.6 Å². The zero-order valence-corrected chi connectivity index (χ0v) is 9.89. The summed E-state index contributed by atoms with van der Waals surface area (Å²) in [4.78, 5) is 8.36. The molecule has 0 radical (unpaired) electrons. The predicted octanol–water partition coefficient (Wildman–Crippen LogP) is 1.55. The van der Waals surface area contributed by atoms with Gasteiger partial charge in [0, 0.05) is 18.8 Å². The Bertz CT molecular complexity index is 441. The van der Waals surface area contributed by atoms with Crippen molar-refractivity contribution >= 4 is 0 Å². The van der Waals surface area contributed by atoms with E-state index in [1.165, 1.54) is 0 Å². The molecule has 5 nitrogen and oxygen atoms in total. The Balaban J connectivity index is 1.90. The lowest BCUT2D eigenvalue weighted by Crippen LogP contribution is -2.13. The fourth-order valence-corrected chi connectivity index (χ4v) is 1.49. The lowest BCUT2D eigenvalue weighted by Gasteiger charge is -1.96. The molecule has 2 aromatic heterocycles. The number of hydrogen-bond acceptors (Lipinski definition) is 5. The van der Waals surface area contributed by atoms with Gasteiger partial charge in [-0.05, 0) is 24.6 Å². The molecule has 0 saturated heterocycles. The molecule has 2 heterocycles. The van der Waals surface area contributed by atoms with E-state index in [0.717, 1.165) is 18.5 Å². The number of aromatic nitrogens is 3. The maximum absolute atomic E-state index is 5.14. The third kappa shape index (κ3) is 3.64. The molecular formula is C12H16N4O. The van der Waals surface area contributed by atoms with Crippen LogP contribution in [0.25, 0.3) is 0 Å². The molecule has 0 bridgehead atoms. The maximum Gasteiger partial charge on any atom is 0.240 e. The average molecular weight is 232 g/mol. The highest BCUT2D eigenvalue weighted by Crippen LogP contribution is 2.05. The minimum absolute atomic E-state index is 0.633. The molecule has 0 fully saturated rings. The minimum atomic E-state index is 0.633. The van der Waals surface area contributed by atoms with E-state index in [1.54, 1.807) is 6.20 Å². The van der Waals surface area contributed by atoms with E-state index < -0.39 is 0 Å². The van der Waals surface area contributed by atoms with Gasteiger partial charge >= 0.3 is 0 Å². The van der Waals surface area contributed by atoms with Gasteiger partial charge in [0.1, 0.15) is 0 Å². The first-order chi connectivity index (χ1) is 8.38. The fourth-order valence-electron chi connectivity index (χ4n) is 1.49. The number of pyridine rings is 1. The van der Waals surface area contributed by atoms with Crippen molar-refractivity contribution in [1.29, 1.82) is 0 Å². The molecule has 0 unspecified atom stereocenters. The molecular weight excluding hydrogens is 216 g/mol. The van der Waals surface area contributed by atoms with Crippen LogP contribution in [0.5, 0.6) is 0 Å². The van der Waals surface area contributed by atoms with Crippen LogP contribution in [0.15, 0.2) is 29.0 Å². The van der Waals surface area contributed by atoms with Gasteiger partial charge in [-0.2, -0.15) is 4.98 Å². The molecule has 2 aromatic rings. The van der Waals surface area contributed by atoms with Crippen molar-refractivity contribution in [1.82, 2.24) is 20.4 Å². The molecule has 0 atom stereocenters. The molecule has 90 valence electrons. The molecule has 5 heteroatoms. The second-order valence-electron chi connectivity index (χ2n) is 3.82. The molecule has 1 N–H and O–H groups in total. The summed E-state index contributed by atoms with van der Waals surface area (Å²) in [6, 6.07) is 3.90. The van der Waals surface area contributed by atoms with Crippen molar-refractivity contribution in [2.24, 2.45) is 0 Å². The van der Waals surface area contributed by atoms with E-state index in [4.69, 9.17) is 4.52 Å². The lowest BCUT2D eigenvalue weighted by molar-refractivity contribution is 0.363. The highest BCUT2D eigenvalue weighted by Gasteiger charge is 2.06. The summed E-state index contributed by atoms with van der Waals surface area (Å²) in [5.74, 6) is 1.34. The molecule has 0 aliphatic heterocycles. The first kappa shape index (κ1) is 11.7. The van der Waals surface area contributed by atoms with Crippen molar-refractivity contribution in [3.8, 4) is 0 Å². The summed E-state index contributed by atoms with van der Waals surface area (Å²) in [6.07, 6.45) is 5.31. The van der Waals surface area contributed by atoms with Gasteiger partial charge in [-0.3, -0.25) is 4.98 Å². The van der Waals surface area contributed by atoms with Gasteiger partial charge < -0.3 is 9.84 Å². The number of rotatable bonds is 6. The van der Waals surface area contributed by atoms with Crippen LogP contribution < -0.4 is 5.32 Å². The average Bonchev–Trinajstić information content (AvgIpc) is 2.79. The van der Waals surface area contributed by atoms with Crippen LogP contribution in [0, 0.1) is 0 Å². The molecule has 0 aliphatic carbocycles. The van der Waals surface area contributed by atoms with Crippen molar-refractivity contribution in [2.45, 2.75) is 26.3 Å². The van der Waals surface area contributed by atoms with Gasteiger partial charge in [-0.25, -0.2) is 0 Å². The summed E-state index contributed by atoms with van der Waals surface area (Å²) >= 11 is 0. The Kier molecular flexibility index (Phi) is 4.21. The van der Waals surface area contributed by atoms with E-state index in [9.17, 15) is 0 Å². The van der Waals surface area contributed by atoms with Crippen molar-refractivity contribution < 1.29 is 4.52 Å². The number of nitrogens with zero attached hydrogens (tertiary/aromatic N) is 3. The van der Waals surface area contributed by atoms with E-state index in [1.807, 2.05) is 18.3 Å². The SMILES string of the molecule is CCCNCc1nc(Cc2cccnc2)no1. The van der Waals surface area contributed by atoms with Gasteiger partial charge in [0.15, 0.2) is 5.82 Å². The van der Waals surface area contributed by atoms with E-state index in [-0.39, 0.29) is 0 Å². The first-order valence-corrected chi connectivity index (χ1v) is 5.79. The molecule has 0 aromatic carbocycles. The standard InChI is InChI=1S/C12H16N4O/c1-2-5-13-9-12-15-11(16-17-12)7-10-4-3-6-14-8-10/h3-4,6,8,13H,2,5,7,9H2,1H3. The van der Waals surface area contributed by atoms with Crippen LogP contribution in [0.3, 0.4) is 0 Å². The van der Waals surface area contributed by atoms with Crippen LogP contribution in [0.4, 0.5) is 0 Å². The van der Waals surface area contributed by atoms with Gasteiger partial charge in [0.25, 0.3) is 0 Å². The molecule has 2 rings (SSSR count). The van der Waals surface area contributed by atoms with E-state index in [0.29, 0.717) is 24.7 Å². The fraction of sp³-hybridized carbons (Fsp3) is 0.417. The van der Waals surface area contributed by atoms with Crippen LogP contribution >= 0.6 is 0 Å². The van der Waals surface area contributed by atoms with Gasteiger partial charge in [-0.15, -0.1) is 0 Å². The Labute approximate surface area is 100 Å². The topological polar surface area (TPSA) is 63.8 Å². The zero-order chi connectivity index (χ0) is 11.9. The third-order valence-electron chi connectivity index (χ3n) is 2.30. The number of nitrogens with one attached hydrogen (secondary N) is 1. The van der Waals surface area contributed by atoms with Crippen LogP contribution in [0.2, 0.25) is 0 Å². The molecule has 0 spiro atoms. The van der Waals surface area contributed by atoms with Crippen LogP contribution in [-0.2, 0) is 13.0 Å². The van der Waals surface area contributed by atoms with E-state index >= 15 is 0 Å². The zero-order valence-electron chi connectivity index (χ0n) is 9.89. The summed E-state index contributed by atoms with van der Waals surface area (Å²) in [5.41, 5.74) is 1.08. The number of hydrogen-bond donors (Lipinski definition) is 1. The second-order valence-corrected chi connectivity index (χ2v) is 3.82. The predicted molar refractivity (Wildman–Crippen MR) is 63.3 cm³/mol. The van der Waals surface area contributed by atoms with Gasteiger partial charge in [0.2, 0.25) is 5.89 Å². The maximum atomic E-state index is 5.14. The van der Waals surface area contributed by atoms with Crippen molar-refractivity contribution in [3.63, 3.8) is 0 Å². The van der Waals surface area contributed by atoms with Crippen LogP contribution in [-0.4, -0.2) is 21.7 Å². The Morgan fingerprint density at radius 2 is 2.35 bits per heavy atom. The first-order valence-electron chi connectivity index (χ1n) is 5.79. The molecule has 17 heavy (non-hydrogen) atoms. The van der Waals surface area contributed by atoms with Crippen molar-refractivity contribution in [2.75, 3.05) is 6.54 Å². The quantitative estimate of drug-likeness (QED) is 0.766. The Morgan fingerprint density at radius 1 is 1.41 bits per heavy atom. The largest absolute Gasteiger partial charge is 0.338 e. The minimum Gasteiger partial charge on any atom is -0.338 e. The monoisotopic (exact) mass is 232 g/mol. The molecule has 0 saturated carbocycles. The van der Waals surface area contributed by atoms with Crippen molar-refractivity contribution in [3.05, 3.63) is 41.8 Å². The third-order valence-corrected chi connectivity index (χ3v) is 2.30. The highest BCUT2D eigenvalue weighted by molar-refractivity contribution is 5.13. The summed E-state index contributed by atoms with van der Waals surface area (Å²) in [7, 11) is 0. The Morgan fingerprint density at radius 3 is 3.12 bits per heavy atom. The normalized spacial score (nSPS) is 10.6. The lowest BCUT2D eigenvalue weighted by atomic mass is 10.2.